The normalized spacial score (nSPS) is 10.6. The summed E-state index contributed by atoms with van der Waals surface area (Å²) in [5.74, 6) is 0. The minimum atomic E-state index is 0. The van der Waals surface area contributed by atoms with Gasteiger partial charge in [-0.15, -0.1) is 0 Å². The van der Waals surface area contributed by atoms with Crippen LogP contribution in [0.4, 0.5) is 0 Å². The Kier molecular flexibility index (Phi) is 140. The monoisotopic (exact) mass is 1680 g/mol. The van der Waals surface area contributed by atoms with Crippen LogP contribution in [0.2, 0.25) is 0 Å². The number of hydrogen-bond donors (Lipinski definition) is 0. The zero-order chi connectivity index (χ0) is 64.6. The minimum absolute atomic E-state index is 0. The molecule has 0 saturated carbocycles. The van der Waals surface area contributed by atoms with Crippen molar-refractivity contribution in [1.29, 1.82) is 0 Å². The molecule has 0 heterocycles. The fraction of sp³-hybridized carbons (Fsp3) is 0. The van der Waals surface area contributed by atoms with Gasteiger partial charge < -0.3 is 47.5 Å². The Morgan fingerprint density at radius 1 is 0.0753 bits per heavy atom. The van der Waals surface area contributed by atoms with E-state index in [-0.39, 0.29) is 83.4 Å². The van der Waals surface area contributed by atoms with E-state index in [0.717, 1.165) is 0 Å². The van der Waals surface area contributed by atoms with Crippen LogP contribution in [-0.4, -0.2) is 5.48 Å². The third-order valence-corrected chi connectivity index (χ3v) is 2.11. The first kappa shape index (κ1) is 111. The van der Waals surface area contributed by atoms with E-state index in [0.29, 0.717) is 0 Å². The van der Waals surface area contributed by atoms with Gasteiger partial charge in [0.2, 0.25) is 0 Å². The third kappa shape index (κ3) is 128. The molecule has 2 N–H and O–H groups in total. The Morgan fingerprint density at radius 3 is 0.140 bits per heavy atom. The minimum Gasteiger partial charge on any atom is -0.689 e. The molecule has 0 rings (SSSR count). The summed E-state index contributed by atoms with van der Waals surface area (Å²) >= 11 is 0. The van der Waals surface area contributed by atoms with Crippen molar-refractivity contribution in [3.8, 4) is 0 Å². The standard InChI is InChI=1S/4H2O22.H2O.4Zn/c4*1-3-5-7-9-11-13-15-17-19-21-22-20-18-16-14-12-10-8-6-4-2;;;;;/h4*1-2H;1H2;;;;/q;;;;;4*+2/p-8. The van der Waals surface area contributed by atoms with Gasteiger partial charge in [-0.25, -0.2) is 0 Å². The van der Waals surface area contributed by atoms with E-state index in [2.05, 4.69) is 403 Å². The molecule has 93 heavy (non-hydrogen) atoms. The van der Waals surface area contributed by atoms with E-state index in [1.165, 1.54) is 0 Å². The maximum atomic E-state index is 9.09. The summed E-state index contributed by atoms with van der Waals surface area (Å²) in [7, 11) is 0. The Labute approximate surface area is 528 Å². The molecule has 0 saturated heterocycles. The van der Waals surface area contributed by atoms with Gasteiger partial charge in [-0.1, -0.05) is 0 Å². The summed E-state index contributed by atoms with van der Waals surface area (Å²) < 4.78 is 0. The summed E-state index contributed by atoms with van der Waals surface area (Å²) in [6.07, 6.45) is 0. The molecule has 0 bridgehead atoms. The molecule has 0 aromatic rings. The van der Waals surface area contributed by atoms with Crippen molar-refractivity contribution in [3.05, 3.63) is 0 Å². The van der Waals surface area contributed by atoms with Crippen molar-refractivity contribution in [1.82, 2.24) is 0 Å². The quantitative estimate of drug-likeness (QED) is 0.0236. The smallest absolute Gasteiger partial charge is 0.689 e. The summed E-state index contributed by atoms with van der Waals surface area (Å²) in [5, 5.41) is 336. The molecule has 0 unspecified atom stereocenters. The largest absolute Gasteiger partial charge is 2.00 e. The van der Waals surface area contributed by atoms with Gasteiger partial charge in [0, 0.05) is 40.3 Å². The zero-order valence-electron chi connectivity index (χ0n) is 39.3. The molecule has 0 aliphatic heterocycles. The second kappa shape index (κ2) is 118. The van der Waals surface area contributed by atoms with Crippen molar-refractivity contribution in [2.24, 2.45) is 0 Å². The topological polar surface area (TPSA) is 954 Å². The predicted octanol–water partition coefficient (Wildman–Crippen LogP) is -15.8. The van der Waals surface area contributed by atoms with Gasteiger partial charge in [0.05, 0.1) is 0 Å². The van der Waals surface area contributed by atoms with Crippen molar-refractivity contribution in [2.75, 3.05) is 0 Å². The Balaban J connectivity index is -0.000000142. The molecular formula is H2O89Zn4. The van der Waals surface area contributed by atoms with Crippen LogP contribution in [-0.2, 0) is 481 Å². The van der Waals surface area contributed by atoms with Gasteiger partial charge in [-0.05, 0) is 322 Å². The molecule has 93 heteroatoms. The second-order valence-corrected chi connectivity index (χ2v) is 5.44. The molecule has 0 aromatic carbocycles. The third-order valence-electron chi connectivity index (χ3n) is 2.11. The maximum absolute atomic E-state index is 9.09. The molecule has 544 valence electrons. The fourth-order valence-corrected chi connectivity index (χ4v) is 0.816. The molecule has 0 radical (unpaired) electrons. The van der Waals surface area contributed by atoms with E-state index in [1.807, 2.05) is 0 Å². The van der Waals surface area contributed by atoms with Gasteiger partial charge >= 0.3 is 77.9 Å². The molecule has 0 aliphatic carbocycles. The first-order valence-electron chi connectivity index (χ1n) is 14.0. The van der Waals surface area contributed by atoms with Crippen LogP contribution in [0, 0.1) is 0 Å². The average Bonchev–Trinajstić information content (AvgIpc) is 3.54. The molecule has 0 aromatic heterocycles. The van der Waals surface area contributed by atoms with Gasteiger partial charge in [-0.2, -0.15) is 0 Å². The van der Waals surface area contributed by atoms with Gasteiger partial charge in [0.15, 0.2) is 0 Å². The van der Waals surface area contributed by atoms with Crippen LogP contribution in [0.5, 0.6) is 0 Å². The number of hydrogen-bond acceptors (Lipinski definition) is 88. The molecule has 0 aliphatic rings. The zero-order valence-corrected chi connectivity index (χ0v) is 51.1. The first-order chi connectivity index (χ1) is 43.7. The van der Waals surface area contributed by atoms with E-state index < -0.39 is 0 Å². The summed E-state index contributed by atoms with van der Waals surface area (Å²) in [6.45, 7) is 0. The van der Waals surface area contributed by atoms with E-state index in [1.54, 1.807) is 0 Å². The summed E-state index contributed by atoms with van der Waals surface area (Å²) in [5.41, 5.74) is 0. The average molecular weight is 1690 g/mol. The van der Waals surface area contributed by atoms with Gasteiger partial charge in [-0.3, -0.25) is 40.3 Å². The first-order valence-corrected chi connectivity index (χ1v) is 14.0. The van der Waals surface area contributed by atoms with Crippen molar-refractivity contribution in [2.45, 2.75) is 0 Å². The fourth-order valence-electron chi connectivity index (χ4n) is 0.816. The molecule has 0 atom stereocenters. The van der Waals surface area contributed by atoms with Crippen LogP contribution in [0.25, 0.3) is 0 Å². The van der Waals surface area contributed by atoms with E-state index in [9.17, 15) is 0 Å². The van der Waals surface area contributed by atoms with Crippen molar-refractivity contribution >= 4 is 0 Å². The van der Waals surface area contributed by atoms with Crippen molar-refractivity contribution < 1.29 is 529 Å². The van der Waals surface area contributed by atoms with Crippen LogP contribution in [0.3, 0.4) is 0 Å². The molecule has 0 fully saturated rings. The van der Waals surface area contributed by atoms with Gasteiger partial charge in [0.1, 0.15) is 0 Å². The van der Waals surface area contributed by atoms with Gasteiger partial charge in [0.25, 0.3) is 0 Å². The van der Waals surface area contributed by atoms with Crippen molar-refractivity contribution in [3.63, 3.8) is 0 Å². The van der Waals surface area contributed by atoms with E-state index >= 15 is 0 Å². The van der Waals surface area contributed by atoms with Crippen LogP contribution >= 0.6 is 0 Å². The van der Waals surface area contributed by atoms with Crippen LogP contribution < -0.4 is 42.1 Å². The molecule has 89 nitrogen and oxygen atoms in total. The second-order valence-electron chi connectivity index (χ2n) is 5.44. The SMILES string of the molecule is O.[O-]OOOOOOOOOOOOOOOOOOOO[O-].[O-]OOOOOOOOOOOOOOOOOOOO[O-].[O-]OOOOOOOOOOOOOOOOOOOO[O-].[O-]OOOOOOOOOOOOOOOOOOOO[O-].[Zn+2].[Zn+2].[Zn+2].[Zn+2]. The number of rotatable bonds is 76. The molecule has 0 spiro atoms. The Morgan fingerprint density at radius 2 is 0.108 bits per heavy atom. The Hall–Kier alpha value is -1.07. The summed E-state index contributed by atoms with van der Waals surface area (Å²) in [4.78, 5) is 0. The predicted molar refractivity (Wildman–Crippen MR) is 90.4 cm³/mol. The Bertz CT molecular complexity index is 795. The maximum Gasteiger partial charge on any atom is 2.00 e. The van der Waals surface area contributed by atoms with Crippen LogP contribution in [0.1, 0.15) is 0 Å². The molecule has 0 amide bonds. The van der Waals surface area contributed by atoms with Crippen LogP contribution in [0.15, 0.2) is 0 Å². The molecular weight excluding hydrogens is 1690 g/mol. The summed E-state index contributed by atoms with van der Waals surface area (Å²) in [6, 6.07) is 0. The van der Waals surface area contributed by atoms with E-state index in [4.69, 9.17) is 42.1 Å².